The maximum Gasteiger partial charge on any atom is 0.236 e. The number of piperidine rings is 1. The van der Waals surface area contributed by atoms with E-state index in [2.05, 4.69) is 15.5 Å². The van der Waals surface area contributed by atoms with Gasteiger partial charge in [-0.05, 0) is 30.9 Å². The van der Waals surface area contributed by atoms with E-state index in [1.165, 1.54) is 6.42 Å². The molecular formula is C14H21N5O2. The number of amidine groups is 1. The van der Waals surface area contributed by atoms with Gasteiger partial charge in [0.1, 0.15) is 5.69 Å². The summed E-state index contributed by atoms with van der Waals surface area (Å²) in [5.74, 6) is 0.0821. The molecule has 0 aliphatic carbocycles. The van der Waals surface area contributed by atoms with Crippen LogP contribution in [0.25, 0.3) is 0 Å². The van der Waals surface area contributed by atoms with Crippen molar-refractivity contribution in [1.82, 2.24) is 15.2 Å². The fourth-order valence-corrected chi connectivity index (χ4v) is 2.42. The minimum atomic E-state index is -0.0326. The van der Waals surface area contributed by atoms with E-state index >= 15 is 0 Å². The number of carbonyl (C=O) groups is 1. The number of hydrogen-bond acceptors (Lipinski definition) is 5. The molecule has 0 bridgehead atoms. The van der Waals surface area contributed by atoms with Gasteiger partial charge >= 0.3 is 0 Å². The SMILES string of the molecule is N/C(=N/O)c1ncccc1CNCC(=O)N1CCCCC1. The lowest BCUT2D eigenvalue weighted by Gasteiger charge is -2.26. The Morgan fingerprint density at radius 3 is 2.90 bits per heavy atom. The van der Waals surface area contributed by atoms with Crippen LogP contribution < -0.4 is 11.1 Å². The van der Waals surface area contributed by atoms with Gasteiger partial charge in [-0.3, -0.25) is 9.78 Å². The predicted molar refractivity (Wildman–Crippen MR) is 78.9 cm³/mol. The standard InChI is InChI=1S/C14H21N5O2/c15-14(18-21)13-11(5-4-6-17-13)9-16-10-12(20)19-7-2-1-3-8-19/h4-6,16,21H,1-3,7-10H2,(H2,15,18). The van der Waals surface area contributed by atoms with Crippen LogP contribution in [0.1, 0.15) is 30.5 Å². The average Bonchev–Trinajstić information content (AvgIpc) is 2.55. The molecule has 0 spiro atoms. The maximum atomic E-state index is 12.0. The van der Waals surface area contributed by atoms with Gasteiger partial charge < -0.3 is 21.2 Å². The Hall–Kier alpha value is -2.15. The van der Waals surface area contributed by atoms with E-state index in [4.69, 9.17) is 10.9 Å². The number of pyridine rings is 1. The molecule has 4 N–H and O–H groups in total. The van der Waals surface area contributed by atoms with Gasteiger partial charge in [-0.15, -0.1) is 0 Å². The van der Waals surface area contributed by atoms with Crippen LogP contribution in [-0.4, -0.2) is 46.5 Å². The fourth-order valence-electron chi connectivity index (χ4n) is 2.42. The molecule has 1 saturated heterocycles. The molecular weight excluding hydrogens is 270 g/mol. The summed E-state index contributed by atoms with van der Waals surface area (Å²) in [4.78, 5) is 18.0. The lowest BCUT2D eigenvalue weighted by Crippen LogP contribution is -2.41. The summed E-state index contributed by atoms with van der Waals surface area (Å²) in [5.41, 5.74) is 6.80. The summed E-state index contributed by atoms with van der Waals surface area (Å²) in [7, 11) is 0. The predicted octanol–water partition coefficient (Wildman–Crippen LogP) is 0.278. The van der Waals surface area contributed by atoms with Gasteiger partial charge in [0.2, 0.25) is 5.91 Å². The van der Waals surface area contributed by atoms with Crippen LogP contribution in [0.3, 0.4) is 0 Å². The fraction of sp³-hybridized carbons (Fsp3) is 0.500. The summed E-state index contributed by atoms with van der Waals surface area (Å²) in [6.07, 6.45) is 4.95. The second kappa shape index (κ2) is 7.58. The first-order valence-corrected chi connectivity index (χ1v) is 7.12. The first-order chi connectivity index (χ1) is 10.2. The van der Waals surface area contributed by atoms with E-state index in [0.717, 1.165) is 31.5 Å². The number of hydrogen-bond donors (Lipinski definition) is 3. The molecule has 0 saturated carbocycles. The van der Waals surface area contributed by atoms with E-state index < -0.39 is 0 Å². The van der Waals surface area contributed by atoms with Crippen LogP contribution in [0.5, 0.6) is 0 Å². The molecule has 1 aromatic rings. The van der Waals surface area contributed by atoms with Gasteiger partial charge in [-0.25, -0.2) is 0 Å². The third kappa shape index (κ3) is 4.16. The molecule has 0 aromatic carbocycles. The number of carbonyl (C=O) groups excluding carboxylic acids is 1. The smallest absolute Gasteiger partial charge is 0.236 e. The lowest BCUT2D eigenvalue weighted by molar-refractivity contribution is -0.131. The van der Waals surface area contributed by atoms with Gasteiger partial charge in [0.15, 0.2) is 5.84 Å². The minimum Gasteiger partial charge on any atom is -0.409 e. The Labute approximate surface area is 123 Å². The summed E-state index contributed by atoms with van der Waals surface area (Å²) in [6.45, 7) is 2.43. The Morgan fingerprint density at radius 2 is 2.19 bits per heavy atom. The van der Waals surface area contributed by atoms with Crippen LogP contribution in [0.2, 0.25) is 0 Å². The van der Waals surface area contributed by atoms with Crippen molar-refractivity contribution in [3.63, 3.8) is 0 Å². The third-order valence-corrected chi connectivity index (χ3v) is 3.54. The maximum absolute atomic E-state index is 12.0. The Kier molecular flexibility index (Phi) is 5.51. The number of nitrogens with two attached hydrogens (primary N) is 1. The van der Waals surface area contributed by atoms with Crippen molar-refractivity contribution in [2.75, 3.05) is 19.6 Å². The molecule has 0 radical (unpaired) electrons. The zero-order valence-electron chi connectivity index (χ0n) is 12.0. The van der Waals surface area contributed by atoms with Gasteiger partial charge in [-0.2, -0.15) is 0 Å². The third-order valence-electron chi connectivity index (χ3n) is 3.54. The molecule has 1 amide bonds. The van der Waals surface area contributed by atoms with Crippen molar-refractivity contribution in [1.29, 1.82) is 0 Å². The highest BCUT2D eigenvalue weighted by Crippen LogP contribution is 2.08. The van der Waals surface area contributed by atoms with E-state index in [0.29, 0.717) is 12.2 Å². The van der Waals surface area contributed by atoms with Gasteiger partial charge in [0, 0.05) is 25.8 Å². The monoisotopic (exact) mass is 291 g/mol. The molecule has 7 nitrogen and oxygen atoms in total. The van der Waals surface area contributed by atoms with Crippen molar-refractivity contribution < 1.29 is 10.0 Å². The normalized spacial score (nSPS) is 16.0. The second-order valence-electron chi connectivity index (χ2n) is 5.04. The highest BCUT2D eigenvalue weighted by molar-refractivity contribution is 5.96. The molecule has 1 aliphatic rings. The summed E-state index contributed by atoms with van der Waals surface area (Å²) < 4.78 is 0. The van der Waals surface area contributed by atoms with Gasteiger partial charge in [0.05, 0.1) is 6.54 Å². The van der Waals surface area contributed by atoms with Crippen LogP contribution in [0.4, 0.5) is 0 Å². The largest absolute Gasteiger partial charge is 0.409 e. The van der Waals surface area contributed by atoms with Gasteiger partial charge in [0.25, 0.3) is 0 Å². The first kappa shape index (κ1) is 15.2. The van der Waals surface area contributed by atoms with Crippen molar-refractivity contribution in [2.24, 2.45) is 10.9 Å². The van der Waals surface area contributed by atoms with Crippen LogP contribution in [-0.2, 0) is 11.3 Å². The molecule has 2 heterocycles. The molecule has 1 aliphatic heterocycles. The molecule has 1 aromatic heterocycles. The lowest BCUT2D eigenvalue weighted by atomic mass is 10.1. The molecule has 21 heavy (non-hydrogen) atoms. The number of nitrogens with one attached hydrogen (secondary N) is 1. The van der Waals surface area contributed by atoms with Crippen molar-refractivity contribution in [2.45, 2.75) is 25.8 Å². The number of oxime groups is 1. The van der Waals surface area contributed by atoms with Gasteiger partial charge in [-0.1, -0.05) is 11.2 Å². The summed E-state index contributed by atoms with van der Waals surface area (Å²) in [6, 6.07) is 3.61. The Bertz CT molecular complexity index is 512. The highest BCUT2D eigenvalue weighted by Gasteiger charge is 2.16. The number of rotatable bonds is 5. The quantitative estimate of drug-likeness (QED) is 0.313. The number of amides is 1. The van der Waals surface area contributed by atoms with E-state index in [-0.39, 0.29) is 18.3 Å². The Morgan fingerprint density at radius 1 is 1.43 bits per heavy atom. The van der Waals surface area contributed by atoms with E-state index in [9.17, 15) is 4.79 Å². The topological polar surface area (TPSA) is 104 Å². The van der Waals surface area contributed by atoms with Crippen LogP contribution >= 0.6 is 0 Å². The van der Waals surface area contributed by atoms with Crippen LogP contribution in [0, 0.1) is 0 Å². The first-order valence-electron chi connectivity index (χ1n) is 7.12. The number of aromatic nitrogens is 1. The Balaban J connectivity index is 1.87. The molecule has 0 unspecified atom stereocenters. The second-order valence-corrected chi connectivity index (χ2v) is 5.04. The highest BCUT2D eigenvalue weighted by atomic mass is 16.4. The van der Waals surface area contributed by atoms with Crippen molar-refractivity contribution in [3.05, 3.63) is 29.6 Å². The van der Waals surface area contributed by atoms with Crippen molar-refractivity contribution >= 4 is 11.7 Å². The summed E-state index contributed by atoms with van der Waals surface area (Å²) >= 11 is 0. The van der Waals surface area contributed by atoms with E-state index in [1.54, 1.807) is 12.3 Å². The molecule has 1 fully saturated rings. The minimum absolute atomic E-state index is 0.0326. The molecule has 114 valence electrons. The van der Waals surface area contributed by atoms with E-state index in [1.807, 2.05) is 11.0 Å². The average molecular weight is 291 g/mol. The van der Waals surface area contributed by atoms with Crippen molar-refractivity contribution in [3.8, 4) is 0 Å². The molecule has 2 rings (SSSR count). The summed E-state index contributed by atoms with van der Waals surface area (Å²) in [5, 5.41) is 14.8. The molecule has 0 atom stereocenters. The zero-order valence-corrected chi connectivity index (χ0v) is 12.0. The van der Waals surface area contributed by atoms with Crippen LogP contribution in [0.15, 0.2) is 23.5 Å². The number of nitrogens with zero attached hydrogens (tertiary/aromatic N) is 3. The molecule has 7 heteroatoms. The zero-order chi connectivity index (χ0) is 15.1. The number of likely N-dealkylation sites (tertiary alicyclic amines) is 1.